The first-order valence-electron chi connectivity index (χ1n) is 4.74. The second-order valence-electron chi connectivity index (χ2n) is 3.35. The molecule has 1 aromatic heterocycles. The van der Waals surface area contributed by atoms with Crippen LogP contribution in [0.4, 0.5) is 0 Å². The third kappa shape index (κ3) is 1.93. The second kappa shape index (κ2) is 4.57. The highest BCUT2D eigenvalue weighted by molar-refractivity contribution is 14.2. The minimum absolute atomic E-state index is 1.18. The highest BCUT2D eigenvalue weighted by atomic mass is 127. The lowest BCUT2D eigenvalue weighted by Crippen LogP contribution is -1.83. The number of halogens is 1. The number of benzene rings is 1. The highest BCUT2D eigenvalue weighted by Crippen LogP contribution is 2.25. The Hall–Kier alpha value is -0.160. The number of aromatic nitrogens is 1. The molecular weight excluding hydrogens is 305 g/mol. The number of aryl methyl sites for hydroxylation is 1. The van der Waals surface area contributed by atoms with Gasteiger partial charge in [-0.15, -0.1) is 0 Å². The Morgan fingerprint density at radius 2 is 2.21 bits per heavy atom. The van der Waals surface area contributed by atoms with Gasteiger partial charge in [0.05, 0.1) is 5.52 Å². The van der Waals surface area contributed by atoms with Gasteiger partial charge in [-0.1, -0.05) is 19.4 Å². The monoisotopic (exact) mass is 317 g/mol. The minimum Gasteiger partial charge on any atom is -0.283 e. The predicted molar refractivity (Wildman–Crippen MR) is 72.9 cm³/mol. The normalized spacial score (nSPS) is 11.0. The predicted octanol–water partition coefficient (Wildman–Crippen LogP) is 4.44. The fourth-order valence-corrected chi connectivity index (χ4v) is 3.05. The van der Waals surface area contributed by atoms with Crippen molar-refractivity contribution in [2.75, 3.05) is 0 Å². The molecule has 74 valence electrons. The van der Waals surface area contributed by atoms with Gasteiger partial charge in [0.2, 0.25) is 0 Å². The van der Waals surface area contributed by atoms with Crippen molar-refractivity contribution in [2.24, 2.45) is 0 Å². The van der Waals surface area contributed by atoms with Crippen LogP contribution in [-0.4, -0.2) is 3.97 Å². The van der Waals surface area contributed by atoms with Gasteiger partial charge < -0.3 is 0 Å². The lowest BCUT2D eigenvalue weighted by atomic mass is 10.1. The van der Waals surface area contributed by atoms with Crippen LogP contribution in [0.1, 0.15) is 18.9 Å². The maximum absolute atomic E-state index is 2.30. The Morgan fingerprint density at radius 1 is 1.36 bits per heavy atom. The van der Waals surface area contributed by atoms with Gasteiger partial charge in [0.1, 0.15) is 0 Å². The van der Waals surface area contributed by atoms with Crippen LogP contribution in [-0.2, 0) is 6.42 Å². The molecule has 2 rings (SSSR count). The summed E-state index contributed by atoms with van der Waals surface area (Å²) in [6.07, 6.45) is 4.52. The van der Waals surface area contributed by atoms with Crippen LogP contribution in [0, 0.1) is 0 Å². The fourth-order valence-electron chi connectivity index (χ4n) is 1.67. The first-order valence-corrected chi connectivity index (χ1v) is 8.06. The molecule has 0 saturated heterocycles. The molecule has 0 amide bonds. The first-order chi connectivity index (χ1) is 6.85. The summed E-state index contributed by atoms with van der Waals surface area (Å²) in [6.45, 7) is 2.22. The van der Waals surface area contributed by atoms with Gasteiger partial charge in [-0.2, -0.15) is 0 Å². The Balaban J connectivity index is 2.46. The number of rotatable bonds is 3. The van der Waals surface area contributed by atoms with Crippen molar-refractivity contribution in [3.8, 4) is 0 Å². The third-order valence-corrected chi connectivity index (χ3v) is 4.07. The molecule has 0 radical (unpaired) electrons. The molecule has 0 spiro atoms. The van der Waals surface area contributed by atoms with Gasteiger partial charge in [-0.05, 0) is 30.2 Å². The summed E-state index contributed by atoms with van der Waals surface area (Å²) in [5.74, 6) is 0. The molecule has 0 aliphatic carbocycles. The van der Waals surface area contributed by atoms with Crippen LogP contribution in [0.2, 0.25) is 0 Å². The fraction of sp³-hybridized carbons (Fsp3) is 0.273. The van der Waals surface area contributed by atoms with E-state index in [1.165, 1.54) is 29.3 Å². The summed E-state index contributed by atoms with van der Waals surface area (Å²) >= 11 is 2.30. The lowest BCUT2D eigenvalue weighted by Gasteiger charge is -2.00. The Morgan fingerprint density at radius 3 is 2.93 bits per heavy atom. The summed E-state index contributed by atoms with van der Waals surface area (Å²) in [6, 6.07) is 8.92. The summed E-state index contributed by atoms with van der Waals surface area (Å²) in [4.78, 5) is 0. The Kier molecular flexibility index (Phi) is 3.38. The van der Waals surface area contributed by atoms with E-state index in [1.54, 1.807) is 9.12 Å². The van der Waals surface area contributed by atoms with Crippen molar-refractivity contribution in [3.05, 3.63) is 36.0 Å². The molecule has 0 N–H and O–H groups in total. The molecule has 0 saturated carbocycles. The molecule has 0 aliphatic rings. The number of hydrogen-bond acceptors (Lipinski definition) is 1. The van der Waals surface area contributed by atoms with Crippen LogP contribution in [0.5, 0.6) is 0 Å². The minimum atomic E-state index is 1.18. The first kappa shape index (κ1) is 10.4. The smallest absolute Gasteiger partial charge is 0.0598 e. The SMILES string of the molecule is CCCc1ccc2c(ccn2SI)c1. The van der Waals surface area contributed by atoms with Crippen molar-refractivity contribution >= 4 is 41.2 Å². The van der Waals surface area contributed by atoms with E-state index in [4.69, 9.17) is 0 Å². The molecule has 0 atom stereocenters. The average molecular weight is 317 g/mol. The summed E-state index contributed by atoms with van der Waals surface area (Å²) in [5.41, 5.74) is 2.75. The maximum atomic E-state index is 2.30. The Bertz CT molecular complexity index is 436. The second-order valence-corrected chi connectivity index (χ2v) is 5.07. The largest absolute Gasteiger partial charge is 0.283 e. The van der Waals surface area contributed by atoms with Crippen LogP contribution < -0.4 is 0 Å². The zero-order valence-electron chi connectivity index (χ0n) is 8.03. The van der Waals surface area contributed by atoms with Crippen molar-refractivity contribution in [2.45, 2.75) is 19.8 Å². The zero-order chi connectivity index (χ0) is 9.97. The van der Waals surface area contributed by atoms with Gasteiger partial charge in [-0.3, -0.25) is 3.97 Å². The molecule has 1 nitrogen and oxygen atoms in total. The van der Waals surface area contributed by atoms with E-state index in [9.17, 15) is 0 Å². The summed E-state index contributed by atoms with van der Waals surface area (Å²) in [7, 11) is 1.71. The molecule has 0 bridgehead atoms. The molecular formula is C11H12INS. The van der Waals surface area contributed by atoms with Gasteiger partial charge in [-0.25, -0.2) is 0 Å². The third-order valence-electron chi connectivity index (χ3n) is 2.33. The van der Waals surface area contributed by atoms with E-state index in [2.05, 4.69) is 62.6 Å². The zero-order valence-corrected chi connectivity index (χ0v) is 11.0. The van der Waals surface area contributed by atoms with Gasteiger partial charge in [0, 0.05) is 41.9 Å². The molecule has 1 heterocycles. The van der Waals surface area contributed by atoms with Crippen molar-refractivity contribution < 1.29 is 0 Å². The van der Waals surface area contributed by atoms with E-state index in [0.717, 1.165) is 0 Å². The van der Waals surface area contributed by atoms with Crippen LogP contribution >= 0.6 is 30.3 Å². The van der Waals surface area contributed by atoms with Crippen molar-refractivity contribution in [1.82, 2.24) is 3.97 Å². The molecule has 0 unspecified atom stereocenters. The maximum Gasteiger partial charge on any atom is 0.0598 e. The number of nitrogens with zero attached hydrogens (tertiary/aromatic N) is 1. The van der Waals surface area contributed by atoms with E-state index >= 15 is 0 Å². The molecule has 3 heteroatoms. The van der Waals surface area contributed by atoms with Gasteiger partial charge >= 0.3 is 0 Å². The summed E-state index contributed by atoms with van der Waals surface area (Å²) < 4.78 is 2.19. The average Bonchev–Trinajstić information content (AvgIpc) is 2.60. The topological polar surface area (TPSA) is 4.93 Å². The van der Waals surface area contributed by atoms with E-state index in [1.807, 2.05) is 0 Å². The highest BCUT2D eigenvalue weighted by Gasteiger charge is 2.01. The number of hydrogen-bond donors (Lipinski definition) is 0. The van der Waals surface area contributed by atoms with E-state index < -0.39 is 0 Å². The van der Waals surface area contributed by atoms with Crippen LogP contribution in [0.25, 0.3) is 10.9 Å². The van der Waals surface area contributed by atoms with Crippen LogP contribution in [0.15, 0.2) is 30.5 Å². The Labute approximate surface area is 101 Å². The van der Waals surface area contributed by atoms with Gasteiger partial charge in [0.25, 0.3) is 0 Å². The van der Waals surface area contributed by atoms with E-state index in [0.29, 0.717) is 0 Å². The number of fused-ring (bicyclic) bond motifs is 1. The molecule has 1 aromatic carbocycles. The summed E-state index contributed by atoms with van der Waals surface area (Å²) in [5, 5.41) is 1.35. The van der Waals surface area contributed by atoms with Crippen molar-refractivity contribution in [1.29, 1.82) is 0 Å². The standard InChI is InChI=1S/C11H12INS/c1-2-3-9-4-5-11-10(8-9)6-7-13(11)14-12/h4-8H,2-3H2,1H3. The van der Waals surface area contributed by atoms with Crippen molar-refractivity contribution in [3.63, 3.8) is 0 Å². The molecule has 2 aromatic rings. The van der Waals surface area contributed by atoms with Crippen LogP contribution in [0.3, 0.4) is 0 Å². The molecule has 0 aliphatic heterocycles. The quantitative estimate of drug-likeness (QED) is 0.758. The van der Waals surface area contributed by atoms with Gasteiger partial charge in [0.15, 0.2) is 0 Å². The molecule has 14 heavy (non-hydrogen) atoms. The lowest BCUT2D eigenvalue weighted by molar-refractivity contribution is 0.923. The van der Waals surface area contributed by atoms with E-state index in [-0.39, 0.29) is 0 Å². The molecule has 0 fully saturated rings.